The molecule has 1 N–H and O–H groups in total. The maximum Gasteiger partial charge on any atom is 0.317 e. The minimum atomic E-state index is -0.0331. The SMILES string of the molecule is CC(C)NC(=O)N1CC(c2nc(-c3cccs3)no2)C1. The number of amides is 2. The maximum absolute atomic E-state index is 11.8. The molecule has 2 aromatic rings. The lowest BCUT2D eigenvalue weighted by Crippen LogP contribution is -2.53. The summed E-state index contributed by atoms with van der Waals surface area (Å²) in [6, 6.07) is 4.03. The molecular weight excluding hydrogens is 276 g/mol. The Labute approximate surface area is 120 Å². The summed E-state index contributed by atoms with van der Waals surface area (Å²) in [5, 5.41) is 8.83. The van der Waals surface area contributed by atoms with E-state index in [-0.39, 0.29) is 18.0 Å². The molecule has 0 atom stereocenters. The molecule has 3 heterocycles. The zero-order valence-electron chi connectivity index (χ0n) is 11.4. The van der Waals surface area contributed by atoms with Crippen LogP contribution in [-0.4, -0.2) is 40.2 Å². The largest absolute Gasteiger partial charge is 0.339 e. The molecule has 2 aromatic heterocycles. The Morgan fingerprint density at radius 1 is 1.55 bits per heavy atom. The molecule has 20 heavy (non-hydrogen) atoms. The van der Waals surface area contributed by atoms with Gasteiger partial charge in [-0.2, -0.15) is 4.98 Å². The van der Waals surface area contributed by atoms with Crippen molar-refractivity contribution in [3.63, 3.8) is 0 Å². The molecule has 6 nitrogen and oxygen atoms in total. The van der Waals surface area contributed by atoms with Gasteiger partial charge >= 0.3 is 6.03 Å². The van der Waals surface area contributed by atoms with E-state index in [2.05, 4.69) is 15.5 Å². The van der Waals surface area contributed by atoms with Crippen LogP contribution in [0, 0.1) is 0 Å². The van der Waals surface area contributed by atoms with E-state index in [1.807, 2.05) is 31.4 Å². The lowest BCUT2D eigenvalue weighted by Gasteiger charge is -2.37. The molecule has 0 saturated carbocycles. The first-order valence-electron chi connectivity index (χ1n) is 6.56. The number of nitrogens with one attached hydrogen (secondary N) is 1. The van der Waals surface area contributed by atoms with E-state index >= 15 is 0 Å². The van der Waals surface area contributed by atoms with Gasteiger partial charge in [-0.15, -0.1) is 11.3 Å². The highest BCUT2D eigenvalue weighted by Gasteiger charge is 2.35. The molecule has 1 saturated heterocycles. The molecule has 1 aliphatic rings. The Morgan fingerprint density at radius 3 is 3.00 bits per heavy atom. The van der Waals surface area contributed by atoms with Crippen molar-refractivity contribution >= 4 is 17.4 Å². The zero-order valence-corrected chi connectivity index (χ0v) is 12.2. The third-order valence-corrected chi connectivity index (χ3v) is 3.98. The quantitative estimate of drug-likeness (QED) is 0.942. The summed E-state index contributed by atoms with van der Waals surface area (Å²) >= 11 is 1.58. The molecule has 0 spiro atoms. The lowest BCUT2D eigenvalue weighted by molar-refractivity contribution is 0.135. The molecule has 2 amide bonds. The second-order valence-corrected chi connectivity index (χ2v) is 6.09. The smallest absolute Gasteiger partial charge is 0.317 e. The topological polar surface area (TPSA) is 71.3 Å². The molecule has 106 valence electrons. The van der Waals surface area contributed by atoms with Crippen LogP contribution in [0.1, 0.15) is 25.7 Å². The van der Waals surface area contributed by atoms with E-state index in [9.17, 15) is 4.79 Å². The Balaban J connectivity index is 1.59. The van der Waals surface area contributed by atoms with Crippen LogP contribution >= 0.6 is 11.3 Å². The lowest BCUT2D eigenvalue weighted by atomic mass is 10.0. The summed E-state index contributed by atoms with van der Waals surface area (Å²) in [5.41, 5.74) is 0. The summed E-state index contributed by atoms with van der Waals surface area (Å²) in [6.45, 7) is 5.15. The average Bonchev–Trinajstić information content (AvgIpc) is 2.95. The molecule has 0 unspecified atom stereocenters. The standard InChI is InChI=1S/C13H16N4O2S/c1-8(2)14-13(18)17-6-9(7-17)12-15-11(16-19-12)10-4-3-5-20-10/h3-5,8-9H,6-7H2,1-2H3,(H,14,18). The van der Waals surface area contributed by atoms with E-state index in [0.717, 1.165) is 4.88 Å². The number of thiophene rings is 1. The van der Waals surface area contributed by atoms with Gasteiger partial charge in [0.2, 0.25) is 11.7 Å². The van der Waals surface area contributed by atoms with Crippen molar-refractivity contribution in [3.8, 4) is 10.7 Å². The summed E-state index contributed by atoms with van der Waals surface area (Å²) in [5.74, 6) is 1.39. The number of aromatic nitrogens is 2. The van der Waals surface area contributed by atoms with E-state index in [1.165, 1.54) is 0 Å². The van der Waals surface area contributed by atoms with Crippen molar-refractivity contribution in [2.75, 3.05) is 13.1 Å². The van der Waals surface area contributed by atoms with E-state index in [4.69, 9.17) is 4.52 Å². The van der Waals surface area contributed by atoms with Gasteiger partial charge in [-0.1, -0.05) is 11.2 Å². The van der Waals surface area contributed by atoms with Gasteiger partial charge in [-0.25, -0.2) is 4.79 Å². The summed E-state index contributed by atoms with van der Waals surface area (Å²) < 4.78 is 5.29. The highest BCUT2D eigenvalue weighted by molar-refractivity contribution is 7.13. The van der Waals surface area contributed by atoms with Crippen LogP contribution in [0.3, 0.4) is 0 Å². The fourth-order valence-corrected chi connectivity index (χ4v) is 2.69. The second kappa shape index (κ2) is 5.24. The van der Waals surface area contributed by atoms with Gasteiger partial charge in [0, 0.05) is 19.1 Å². The Hall–Kier alpha value is -1.89. The monoisotopic (exact) mass is 292 g/mol. The Kier molecular flexibility index (Phi) is 3.43. The Bertz CT molecular complexity index is 587. The first kappa shape index (κ1) is 13.1. The van der Waals surface area contributed by atoms with E-state index < -0.39 is 0 Å². The van der Waals surface area contributed by atoms with Crippen molar-refractivity contribution in [2.45, 2.75) is 25.8 Å². The van der Waals surface area contributed by atoms with Gasteiger partial charge in [0.1, 0.15) is 0 Å². The Morgan fingerprint density at radius 2 is 2.35 bits per heavy atom. The summed E-state index contributed by atoms with van der Waals surface area (Å²) in [7, 11) is 0. The van der Waals surface area contributed by atoms with Crippen LogP contribution in [-0.2, 0) is 0 Å². The van der Waals surface area contributed by atoms with Crippen LogP contribution < -0.4 is 5.32 Å². The third-order valence-electron chi connectivity index (χ3n) is 3.11. The van der Waals surface area contributed by atoms with Crippen LogP contribution in [0.4, 0.5) is 4.79 Å². The van der Waals surface area contributed by atoms with Gasteiger partial charge in [-0.05, 0) is 25.3 Å². The van der Waals surface area contributed by atoms with E-state index in [0.29, 0.717) is 24.8 Å². The number of likely N-dealkylation sites (tertiary alicyclic amines) is 1. The number of carbonyl (C=O) groups excluding carboxylic acids is 1. The number of urea groups is 1. The number of nitrogens with zero attached hydrogens (tertiary/aromatic N) is 3. The van der Waals surface area contributed by atoms with Gasteiger partial charge in [0.15, 0.2) is 0 Å². The molecule has 7 heteroatoms. The fourth-order valence-electron chi connectivity index (χ4n) is 2.05. The van der Waals surface area contributed by atoms with Crippen LogP contribution in [0.2, 0.25) is 0 Å². The summed E-state index contributed by atoms with van der Waals surface area (Å²) in [6.07, 6.45) is 0. The molecule has 0 aliphatic carbocycles. The van der Waals surface area contributed by atoms with E-state index in [1.54, 1.807) is 16.2 Å². The highest BCUT2D eigenvalue weighted by Crippen LogP contribution is 2.28. The third kappa shape index (κ3) is 2.53. The minimum Gasteiger partial charge on any atom is -0.339 e. The number of carbonyl (C=O) groups is 1. The average molecular weight is 292 g/mol. The van der Waals surface area contributed by atoms with Gasteiger partial charge in [0.05, 0.1) is 10.8 Å². The number of hydrogen-bond donors (Lipinski definition) is 1. The van der Waals surface area contributed by atoms with Crippen LogP contribution in [0.5, 0.6) is 0 Å². The van der Waals surface area contributed by atoms with Crippen molar-refractivity contribution in [1.82, 2.24) is 20.4 Å². The highest BCUT2D eigenvalue weighted by atomic mass is 32.1. The van der Waals surface area contributed by atoms with Crippen molar-refractivity contribution < 1.29 is 9.32 Å². The molecular formula is C13H16N4O2S. The van der Waals surface area contributed by atoms with Crippen LogP contribution in [0.15, 0.2) is 22.0 Å². The van der Waals surface area contributed by atoms with Crippen LogP contribution in [0.25, 0.3) is 10.7 Å². The van der Waals surface area contributed by atoms with Crippen molar-refractivity contribution in [1.29, 1.82) is 0 Å². The summed E-state index contributed by atoms with van der Waals surface area (Å²) in [4.78, 5) is 18.9. The van der Waals surface area contributed by atoms with Crippen molar-refractivity contribution in [3.05, 3.63) is 23.4 Å². The number of hydrogen-bond acceptors (Lipinski definition) is 5. The molecule has 0 radical (unpaired) electrons. The van der Waals surface area contributed by atoms with Gasteiger partial charge < -0.3 is 14.7 Å². The second-order valence-electron chi connectivity index (χ2n) is 5.14. The normalized spacial score (nSPS) is 15.4. The first-order valence-corrected chi connectivity index (χ1v) is 7.44. The fraction of sp³-hybridized carbons (Fsp3) is 0.462. The van der Waals surface area contributed by atoms with Gasteiger partial charge in [-0.3, -0.25) is 0 Å². The molecule has 1 fully saturated rings. The van der Waals surface area contributed by atoms with Crippen molar-refractivity contribution in [2.24, 2.45) is 0 Å². The zero-order chi connectivity index (χ0) is 14.1. The minimum absolute atomic E-state index is 0.0331. The molecule has 1 aliphatic heterocycles. The molecule has 0 aromatic carbocycles. The molecule has 3 rings (SSSR count). The molecule has 0 bridgehead atoms. The maximum atomic E-state index is 11.8. The number of rotatable bonds is 3. The first-order chi connectivity index (χ1) is 9.63. The predicted molar refractivity (Wildman–Crippen MR) is 75.6 cm³/mol. The van der Waals surface area contributed by atoms with Gasteiger partial charge in [0.25, 0.3) is 0 Å². The predicted octanol–water partition coefficient (Wildman–Crippen LogP) is 2.32.